The van der Waals surface area contributed by atoms with E-state index in [1.54, 1.807) is 11.8 Å². The zero-order chi connectivity index (χ0) is 19.4. The number of rotatable bonds is 5. The van der Waals surface area contributed by atoms with Crippen LogP contribution in [0, 0.1) is 0 Å². The average molecular weight is 395 g/mol. The van der Waals surface area contributed by atoms with Crippen molar-refractivity contribution in [1.29, 1.82) is 0 Å². The van der Waals surface area contributed by atoms with Gasteiger partial charge < -0.3 is 10.2 Å². The number of carbonyl (C=O) groups is 2. The molecule has 1 N–H and O–H groups in total. The lowest BCUT2D eigenvalue weighted by atomic mass is 10.00. The zero-order valence-corrected chi connectivity index (χ0v) is 16.8. The summed E-state index contributed by atoms with van der Waals surface area (Å²) in [5.74, 6) is 0.00493. The van der Waals surface area contributed by atoms with Crippen molar-refractivity contribution < 1.29 is 9.59 Å². The van der Waals surface area contributed by atoms with Crippen molar-refractivity contribution in [2.24, 2.45) is 0 Å². The van der Waals surface area contributed by atoms with Gasteiger partial charge in [0.1, 0.15) is 0 Å². The average Bonchev–Trinajstić information content (AvgIpc) is 3.22. The predicted octanol–water partition coefficient (Wildman–Crippen LogP) is 3.79. The molecule has 2 aliphatic rings. The second-order valence-corrected chi connectivity index (χ2v) is 9.09. The molecule has 0 aromatic heterocycles. The van der Waals surface area contributed by atoms with Crippen molar-refractivity contribution in [3.63, 3.8) is 0 Å². The summed E-state index contributed by atoms with van der Waals surface area (Å²) in [6.07, 6.45) is 4.73. The van der Waals surface area contributed by atoms with Crippen LogP contribution in [0.4, 0.5) is 0 Å². The maximum absolute atomic E-state index is 13.1. The molecule has 0 saturated heterocycles. The van der Waals surface area contributed by atoms with Gasteiger partial charge in [-0.2, -0.15) is 0 Å². The fourth-order valence-electron chi connectivity index (χ4n) is 4.17. The lowest BCUT2D eigenvalue weighted by Crippen LogP contribution is -2.48. The molecule has 2 amide bonds. The van der Waals surface area contributed by atoms with Crippen LogP contribution in [0.3, 0.4) is 0 Å². The van der Waals surface area contributed by atoms with E-state index in [1.165, 1.54) is 11.1 Å². The summed E-state index contributed by atoms with van der Waals surface area (Å²) in [6, 6.07) is 18.4. The number of nitrogens with zero attached hydrogens (tertiary/aromatic N) is 1. The molecule has 0 atom stereocenters. The van der Waals surface area contributed by atoms with Gasteiger partial charge >= 0.3 is 0 Å². The Morgan fingerprint density at radius 3 is 2.39 bits per heavy atom. The first-order valence-electron chi connectivity index (χ1n) is 10.0. The summed E-state index contributed by atoms with van der Waals surface area (Å²) in [5, 5.41) is 2.96. The molecule has 1 fully saturated rings. The van der Waals surface area contributed by atoms with Gasteiger partial charge in [-0.3, -0.25) is 9.59 Å². The van der Waals surface area contributed by atoms with E-state index >= 15 is 0 Å². The number of nitrogens with one attached hydrogen (secondary N) is 1. The van der Waals surface area contributed by atoms with Crippen LogP contribution in [0.25, 0.3) is 0 Å². The van der Waals surface area contributed by atoms with Gasteiger partial charge in [-0.05, 0) is 42.5 Å². The van der Waals surface area contributed by atoms with Crippen LogP contribution in [0.5, 0.6) is 0 Å². The molecule has 1 aliphatic heterocycles. The van der Waals surface area contributed by atoms with E-state index in [2.05, 4.69) is 17.4 Å². The van der Waals surface area contributed by atoms with Gasteiger partial charge in [0.05, 0.1) is 11.3 Å². The molecule has 2 aromatic rings. The highest BCUT2D eigenvalue weighted by Gasteiger charge is 2.42. The molecule has 2 aromatic carbocycles. The number of carbonyl (C=O) groups excluding carboxylic acids is 2. The Bertz CT molecular complexity index is 847. The van der Waals surface area contributed by atoms with E-state index in [9.17, 15) is 9.59 Å². The third-order valence-electron chi connectivity index (χ3n) is 5.76. The van der Waals surface area contributed by atoms with E-state index in [0.29, 0.717) is 6.54 Å². The Hall–Kier alpha value is -2.27. The van der Waals surface area contributed by atoms with E-state index in [0.717, 1.165) is 43.5 Å². The molecule has 0 spiro atoms. The van der Waals surface area contributed by atoms with E-state index in [-0.39, 0.29) is 18.4 Å². The molecule has 0 bridgehead atoms. The van der Waals surface area contributed by atoms with Gasteiger partial charge in [0.15, 0.2) is 0 Å². The molecule has 1 heterocycles. The summed E-state index contributed by atoms with van der Waals surface area (Å²) in [6.45, 7) is 1.43. The van der Waals surface area contributed by atoms with Crippen LogP contribution in [-0.2, 0) is 22.6 Å². The summed E-state index contributed by atoms with van der Waals surface area (Å²) < 4.78 is -0.448. The summed E-state index contributed by atoms with van der Waals surface area (Å²) >= 11 is 1.65. The van der Waals surface area contributed by atoms with Gasteiger partial charge in [0.25, 0.3) is 0 Å². The molecule has 146 valence electrons. The second kappa shape index (κ2) is 8.39. The minimum atomic E-state index is -0.448. The van der Waals surface area contributed by atoms with Gasteiger partial charge in [-0.1, -0.05) is 55.3 Å². The van der Waals surface area contributed by atoms with Crippen molar-refractivity contribution in [3.8, 4) is 0 Å². The molecule has 0 unspecified atom stereocenters. The monoisotopic (exact) mass is 394 g/mol. The normalized spacial score (nSPS) is 17.8. The Morgan fingerprint density at radius 1 is 0.964 bits per heavy atom. The summed E-state index contributed by atoms with van der Waals surface area (Å²) in [5.41, 5.74) is 2.53. The highest BCUT2D eigenvalue weighted by atomic mass is 32.2. The van der Waals surface area contributed by atoms with E-state index < -0.39 is 4.75 Å². The molecule has 5 heteroatoms. The zero-order valence-electron chi connectivity index (χ0n) is 16.0. The smallest absolute Gasteiger partial charge is 0.242 e. The molecular weight excluding hydrogens is 368 g/mol. The number of fused-ring (bicyclic) bond motifs is 1. The maximum Gasteiger partial charge on any atom is 0.242 e. The number of hydrogen-bond donors (Lipinski definition) is 1. The SMILES string of the molecule is O=C(CNC(=O)C1(Sc2ccccc2)CCCC1)N1CCc2ccccc2C1. The van der Waals surface area contributed by atoms with Crippen LogP contribution >= 0.6 is 11.8 Å². The fourth-order valence-corrected chi connectivity index (χ4v) is 5.58. The number of thioether (sulfide) groups is 1. The Labute approximate surface area is 170 Å². The van der Waals surface area contributed by atoms with Crippen molar-refractivity contribution in [2.75, 3.05) is 13.1 Å². The Balaban J connectivity index is 1.37. The minimum Gasteiger partial charge on any atom is -0.346 e. The molecule has 1 saturated carbocycles. The highest BCUT2D eigenvalue weighted by molar-refractivity contribution is 8.01. The lowest BCUT2D eigenvalue weighted by molar-refractivity contribution is -0.134. The summed E-state index contributed by atoms with van der Waals surface area (Å²) in [7, 11) is 0. The highest BCUT2D eigenvalue weighted by Crippen LogP contribution is 2.45. The molecular formula is C23H26N2O2S. The van der Waals surface area contributed by atoms with Crippen LogP contribution in [0.2, 0.25) is 0 Å². The van der Waals surface area contributed by atoms with Crippen molar-refractivity contribution >= 4 is 23.6 Å². The predicted molar refractivity (Wildman–Crippen MR) is 112 cm³/mol. The van der Waals surface area contributed by atoms with Crippen molar-refractivity contribution in [3.05, 3.63) is 65.7 Å². The second-order valence-electron chi connectivity index (χ2n) is 7.63. The number of hydrogen-bond acceptors (Lipinski definition) is 3. The van der Waals surface area contributed by atoms with Gasteiger partial charge in [-0.15, -0.1) is 11.8 Å². The van der Waals surface area contributed by atoms with E-state index in [4.69, 9.17) is 0 Å². The van der Waals surface area contributed by atoms with Gasteiger partial charge in [0, 0.05) is 18.0 Å². The minimum absolute atomic E-state index is 0.000658. The Kier molecular flexibility index (Phi) is 5.72. The van der Waals surface area contributed by atoms with Gasteiger partial charge in [-0.25, -0.2) is 0 Å². The van der Waals surface area contributed by atoms with Gasteiger partial charge in [0.2, 0.25) is 11.8 Å². The topological polar surface area (TPSA) is 49.4 Å². The van der Waals surface area contributed by atoms with Crippen LogP contribution in [0.1, 0.15) is 36.8 Å². The molecule has 4 rings (SSSR count). The third kappa shape index (κ3) is 4.09. The van der Waals surface area contributed by atoms with Crippen molar-refractivity contribution in [2.45, 2.75) is 48.3 Å². The standard InChI is InChI=1S/C23H26N2O2S/c26-21(25-15-12-18-8-4-5-9-19(18)17-25)16-24-22(27)23(13-6-7-14-23)28-20-10-2-1-3-11-20/h1-5,8-11H,6-7,12-17H2,(H,24,27). The number of benzene rings is 2. The Morgan fingerprint density at radius 2 is 1.64 bits per heavy atom. The first kappa shape index (κ1) is 19.1. The van der Waals surface area contributed by atoms with E-state index in [1.807, 2.05) is 47.4 Å². The first-order chi connectivity index (χ1) is 13.7. The van der Waals surface area contributed by atoms with Crippen molar-refractivity contribution in [1.82, 2.24) is 10.2 Å². The van der Waals surface area contributed by atoms with Crippen LogP contribution < -0.4 is 5.32 Å². The summed E-state index contributed by atoms with van der Waals surface area (Å²) in [4.78, 5) is 28.7. The first-order valence-corrected chi connectivity index (χ1v) is 10.8. The number of amides is 2. The molecule has 0 radical (unpaired) electrons. The molecule has 1 aliphatic carbocycles. The van der Waals surface area contributed by atoms with Crippen LogP contribution in [-0.4, -0.2) is 34.6 Å². The largest absolute Gasteiger partial charge is 0.346 e. The molecule has 4 nitrogen and oxygen atoms in total. The maximum atomic E-state index is 13.1. The quantitative estimate of drug-likeness (QED) is 0.839. The fraction of sp³-hybridized carbons (Fsp3) is 0.391. The molecule has 28 heavy (non-hydrogen) atoms. The lowest BCUT2D eigenvalue weighted by Gasteiger charge is -2.30. The van der Waals surface area contributed by atoms with Crippen LogP contribution in [0.15, 0.2) is 59.5 Å². The third-order valence-corrected chi connectivity index (χ3v) is 7.26.